The van der Waals surface area contributed by atoms with E-state index in [4.69, 9.17) is 0 Å². The van der Waals surface area contributed by atoms with Crippen molar-refractivity contribution in [2.24, 2.45) is 13.0 Å². The molecule has 0 bridgehead atoms. The molecule has 8 heteroatoms. The van der Waals surface area contributed by atoms with Crippen molar-refractivity contribution in [2.75, 3.05) is 19.6 Å². The minimum Gasteiger partial charge on any atom is -0.352 e. The molecule has 1 aliphatic rings. The molecule has 0 radical (unpaired) electrons. The number of alkyl halides is 3. The lowest BCUT2D eigenvalue weighted by molar-refractivity contribution is -0.141. The minimum atomic E-state index is -4.62. The van der Waals surface area contributed by atoms with Crippen LogP contribution in [-0.2, 0) is 13.2 Å². The van der Waals surface area contributed by atoms with E-state index < -0.39 is 23.3 Å². The summed E-state index contributed by atoms with van der Waals surface area (Å²) in [5.74, 6) is -0.442. The van der Waals surface area contributed by atoms with E-state index in [1.54, 1.807) is 0 Å². The van der Waals surface area contributed by atoms with Gasteiger partial charge in [-0.3, -0.25) is 9.48 Å². The summed E-state index contributed by atoms with van der Waals surface area (Å²) < 4.78 is 38.9. The molecule has 2 N–H and O–H groups in total. The smallest absolute Gasteiger partial charge is 0.352 e. The van der Waals surface area contributed by atoms with Crippen molar-refractivity contribution < 1.29 is 18.0 Å². The van der Waals surface area contributed by atoms with Gasteiger partial charge in [-0.25, -0.2) is 0 Å². The van der Waals surface area contributed by atoms with Crippen LogP contribution in [0.15, 0.2) is 6.20 Å². The highest BCUT2D eigenvalue weighted by Gasteiger charge is 2.39. The predicted octanol–water partition coefficient (Wildman–Crippen LogP) is 0.388. The molecule has 0 aliphatic carbocycles. The molecule has 0 saturated carbocycles. The number of carbonyl (C=O) groups excluding carboxylic acids is 1. The van der Waals surface area contributed by atoms with Gasteiger partial charge in [0.2, 0.25) is 0 Å². The van der Waals surface area contributed by atoms with Crippen LogP contribution in [0, 0.1) is 5.92 Å². The Morgan fingerprint density at radius 2 is 2.28 bits per heavy atom. The normalized spacial score (nSPS) is 16.4. The van der Waals surface area contributed by atoms with Gasteiger partial charge in [0.05, 0.1) is 5.56 Å². The van der Waals surface area contributed by atoms with Crippen LogP contribution in [0.1, 0.15) is 16.1 Å². The second-order valence-electron chi connectivity index (χ2n) is 4.30. The topological polar surface area (TPSA) is 59.0 Å². The van der Waals surface area contributed by atoms with E-state index in [0.29, 0.717) is 12.5 Å². The van der Waals surface area contributed by atoms with Gasteiger partial charge in [-0.2, -0.15) is 18.3 Å². The molecule has 5 nitrogen and oxygen atoms in total. The van der Waals surface area contributed by atoms with Crippen LogP contribution in [0.25, 0.3) is 0 Å². The SMILES string of the molecule is Cn1cc(C(=O)NCC2CNC2)c(C(F)(F)F)n1. The van der Waals surface area contributed by atoms with Crippen LogP contribution in [0.4, 0.5) is 13.2 Å². The Labute approximate surface area is 101 Å². The molecule has 1 aliphatic heterocycles. The van der Waals surface area contributed by atoms with E-state index in [2.05, 4.69) is 15.7 Å². The third-order valence-electron chi connectivity index (χ3n) is 2.76. The first-order chi connectivity index (χ1) is 8.38. The molecule has 0 unspecified atom stereocenters. The number of aryl methyl sites for hydroxylation is 1. The molecule has 2 rings (SSSR count). The Balaban J connectivity index is 2.08. The van der Waals surface area contributed by atoms with E-state index in [1.807, 2.05) is 0 Å². The fraction of sp³-hybridized carbons (Fsp3) is 0.600. The molecule has 0 spiro atoms. The van der Waals surface area contributed by atoms with Gasteiger partial charge >= 0.3 is 6.18 Å². The highest BCUT2D eigenvalue weighted by molar-refractivity contribution is 5.95. The second-order valence-corrected chi connectivity index (χ2v) is 4.30. The fourth-order valence-electron chi connectivity index (χ4n) is 1.69. The minimum absolute atomic E-state index is 0.292. The van der Waals surface area contributed by atoms with Crippen LogP contribution in [-0.4, -0.2) is 35.3 Å². The van der Waals surface area contributed by atoms with Gasteiger partial charge in [0.25, 0.3) is 5.91 Å². The number of halogens is 3. The molecule has 2 heterocycles. The first-order valence-corrected chi connectivity index (χ1v) is 5.47. The average Bonchev–Trinajstić information content (AvgIpc) is 2.57. The largest absolute Gasteiger partial charge is 0.435 e. The van der Waals surface area contributed by atoms with E-state index >= 15 is 0 Å². The summed E-state index contributed by atoms with van der Waals surface area (Å²) in [7, 11) is 1.35. The quantitative estimate of drug-likeness (QED) is 0.828. The summed E-state index contributed by atoms with van der Waals surface area (Å²) in [5, 5.41) is 8.79. The maximum absolute atomic E-state index is 12.6. The standard InChI is InChI=1S/C10H13F3N4O/c1-17-5-7(8(16-17)10(11,12)13)9(18)15-4-6-2-14-3-6/h5-6,14H,2-4H2,1H3,(H,15,18). The molecule has 1 aromatic rings. The summed E-state index contributed by atoms with van der Waals surface area (Å²) in [6.45, 7) is 1.93. The van der Waals surface area contributed by atoms with Crippen molar-refractivity contribution >= 4 is 5.91 Å². The highest BCUT2D eigenvalue weighted by Crippen LogP contribution is 2.30. The van der Waals surface area contributed by atoms with Gasteiger partial charge in [0.15, 0.2) is 5.69 Å². The fourth-order valence-corrected chi connectivity index (χ4v) is 1.69. The van der Waals surface area contributed by atoms with E-state index in [1.165, 1.54) is 7.05 Å². The zero-order valence-corrected chi connectivity index (χ0v) is 9.71. The number of nitrogens with zero attached hydrogens (tertiary/aromatic N) is 2. The molecule has 1 aromatic heterocycles. The van der Waals surface area contributed by atoms with Crippen molar-refractivity contribution in [3.05, 3.63) is 17.5 Å². The van der Waals surface area contributed by atoms with Gasteiger partial charge in [-0.15, -0.1) is 0 Å². The van der Waals surface area contributed by atoms with Gasteiger partial charge in [-0.05, 0) is 0 Å². The summed E-state index contributed by atoms with van der Waals surface area (Å²) in [6, 6.07) is 0. The summed E-state index contributed by atoms with van der Waals surface area (Å²) >= 11 is 0. The van der Waals surface area contributed by atoms with Crippen LogP contribution in [0.2, 0.25) is 0 Å². The first kappa shape index (κ1) is 12.9. The summed E-state index contributed by atoms with van der Waals surface area (Å²) in [4.78, 5) is 11.7. The van der Waals surface area contributed by atoms with E-state index in [-0.39, 0.29) is 0 Å². The Kier molecular flexibility index (Phi) is 3.29. The molecule has 1 fully saturated rings. The van der Waals surface area contributed by atoms with Crippen molar-refractivity contribution in [3.63, 3.8) is 0 Å². The molecule has 100 valence electrons. The predicted molar refractivity (Wildman–Crippen MR) is 56.9 cm³/mol. The molecule has 0 aromatic carbocycles. The van der Waals surface area contributed by atoms with Crippen molar-refractivity contribution in [3.8, 4) is 0 Å². The van der Waals surface area contributed by atoms with Crippen molar-refractivity contribution in [1.82, 2.24) is 20.4 Å². The number of rotatable bonds is 3. The van der Waals surface area contributed by atoms with Crippen molar-refractivity contribution in [1.29, 1.82) is 0 Å². The zero-order valence-electron chi connectivity index (χ0n) is 9.71. The number of hydrogen-bond donors (Lipinski definition) is 2. The van der Waals surface area contributed by atoms with Crippen LogP contribution in [0.5, 0.6) is 0 Å². The Morgan fingerprint density at radius 3 is 2.78 bits per heavy atom. The third-order valence-corrected chi connectivity index (χ3v) is 2.76. The summed E-state index contributed by atoms with van der Waals surface area (Å²) in [6.07, 6.45) is -3.54. The molecular weight excluding hydrogens is 249 g/mol. The Morgan fingerprint density at radius 1 is 1.61 bits per heavy atom. The molecule has 1 amide bonds. The van der Waals surface area contributed by atoms with E-state index in [9.17, 15) is 18.0 Å². The van der Waals surface area contributed by atoms with Gasteiger partial charge < -0.3 is 10.6 Å². The molecule has 1 saturated heterocycles. The maximum atomic E-state index is 12.6. The number of nitrogens with one attached hydrogen (secondary N) is 2. The maximum Gasteiger partial charge on any atom is 0.435 e. The monoisotopic (exact) mass is 262 g/mol. The Bertz CT molecular complexity index is 450. The third kappa shape index (κ3) is 2.63. The first-order valence-electron chi connectivity index (χ1n) is 5.47. The molecule has 18 heavy (non-hydrogen) atoms. The molecule has 0 atom stereocenters. The second kappa shape index (κ2) is 4.60. The number of amides is 1. The average molecular weight is 262 g/mol. The Hall–Kier alpha value is -1.57. The van der Waals surface area contributed by atoms with Crippen molar-refractivity contribution in [2.45, 2.75) is 6.18 Å². The van der Waals surface area contributed by atoms with Crippen LogP contribution in [0.3, 0.4) is 0 Å². The van der Waals surface area contributed by atoms with Gasteiger partial charge in [-0.1, -0.05) is 0 Å². The van der Waals surface area contributed by atoms with Crippen LogP contribution >= 0.6 is 0 Å². The van der Waals surface area contributed by atoms with Crippen LogP contribution < -0.4 is 10.6 Å². The van der Waals surface area contributed by atoms with Gasteiger partial charge in [0, 0.05) is 38.8 Å². The van der Waals surface area contributed by atoms with E-state index in [0.717, 1.165) is 24.0 Å². The summed E-state index contributed by atoms with van der Waals surface area (Å²) in [5.41, 5.74) is -1.58. The van der Waals surface area contributed by atoms with Gasteiger partial charge in [0.1, 0.15) is 0 Å². The highest BCUT2D eigenvalue weighted by atomic mass is 19.4. The molecular formula is C10H13F3N4O. The lowest BCUT2D eigenvalue weighted by Crippen LogP contribution is -2.48. The number of aromatic nitrogens is 2. The number of carbonyl (C=O) groups is 1. The lowest BCUT2D eigenvalue weighted by atomic mass is 10.0. The lowest BCUT2D eigenvalue weighted by Gasteiger charge is -2.27. The zero-order chi connectivity index (χ0) is 13.3. The number of hydrogen-bond acceptors (Lipinski definition) is 3.